The number of Topliss-reactive ketones (excluding diaryl/α,β-unsaturated/α-hetero) is 2. The van der Waals surface area contributed by atoms with Crippen molar-refractivity contribution in [3.8, 4) is 34.1 Å². The lowest BCUT2D eigenvalue weighted by atomic mass is 9.75. The molecule has 374 valence electrons. The summed E-state index contributed by atoms with van der Waals surface area (Å²) in [6, 6.07) is 18.5. The van der Waals surface area contributed by atoms with Crippen LogP contribution >= 0.6 is 0 Å². The van der Waals surface area contributed by atoms with Crippen LogP contribution in [0.2, 0.25) is 0 Å². The van der Waals surface area contributed by atoms with Crippen LogP contribution in [0, 0.1) is 25.7 Å². The number of ketones is 2. The number of carbonyl (C=O) groups excluding carboxylic acids is 2. The molecule has 0 unspecified atom stereocenters. The fraction of sp³-hybridized carbons (Fsp3) is 0.433. The summed E-state index contributed by atoms with van der Waals surface area (Å²) in [7, 11) is 0. The highest BCUT2D eigenvalue weighted by molar-refractivity contribution is 6.35. The predicted octanol–water partition coefficient (Wildman–Crippen LogP) is 15.6. The number of anilines is 2. The average molecular weight is 953 g/mol. The van der Waals surface area contributed by atoms with Crippen molar-refractivity contribution in [3.63, 3.8) is 0 Å². The molecule has 10 nitrogen and oxygen atoms in total. The van der Waals surface area contributed by atoms with E-state index < -0.39 is 23.1 Å². The first kappa shape index (κ1) is 52.9. The zero-order chi connectivity index (χ0) is 50.5. The van der Waals surface area contributed by atoms with Crippen LogP contribution in [0.3, 0.4) is 0 Å². The van der Waals surface area contributed by atoms with E-state index in [4.69, 9.17) is 9.47 Å². The Morgan fingerprint density at radius 3 is 1.14 bits per heavy atom. The van der Waals surface area contributed by atoms with Crippen molar-refractivity contribution in [2.75, 3.05) is 23.8 Å². The molecule has 0 bridgehead atoms. The second-order valence-electron chi connectivity index (χ2n) is 19.6. The summed E-state index contributed by atoms with van der Waals surface area (Å²) in [4.78, 5) is 28.3. The molecule has 0 aliphatic heterocycles. The number of fused-ring (bicyclic) bond motifs is 2. The number of phenolic OH excluding ortho intramolecular Hbond substituents is 2. The minimum atomic E-state index is -0.660. The van der Waals surface area contributed by atoms with Crippen LogP contribution in [0.5, 0.6) is 23.0 Å². The summed E-state index contributed by atoms with van der Waals surface area (Å²) in [6.07, 6.45) is 19.8. The molecule has 0 saturated carbocycles. The third-order valence-electron chi connectivity index (χ3n) is 13.5. The molecule has 0 aromatic heterocycles. The van der Waals surface area contributed by atoms with Gasteiger partial charge in [0.15, 0.2) is 11.5 Å². The normalized spacial score (nSPS) is 14.8. The van der Waals surface area contributed by atoms with Crippen LogP contribution in [0.4, 0.5) is 11.4 Å². The van der Waals surface area contributed by atoms with E-state index in [9.17, 15) is 30.0 Å². The third kappa shape index (κ3) is 12.3. The molecular weight excluding hydrogens is 877 g/mol. The van der Waals surface area contributed by atoms with Crippen LogP contribution in [-0.2, 0) is 9.59 Å². The molecule has 10 heteroatoms. The van der Waals surface area contributed by atoms with Crippen LogP contribution in [0.15, 0.2) is 84.6 Å². The molecule has 2 aliphatic rings. The summed E-state index contributed by atoms with van der Waals surface area (Å²) in [5.74, 6) is -1.75. The highest BCUT2D eigenvalue weighted by atomic mass is 16.5. The molecule has 0 heterocycles. The molecule has 4 aromatic carbocycles. The second kappa shape index (κ2) is 24.9. The summed E-state index contributed by atoms with van der Waals surface area (Å²) in [5, 5.41) is 54.5. The number of phenols is 2. The Morgan fingerprint density at radius 2 is 0.814 bits per heavy atom. The van der Waals surface area contributed by atoms with Crippen molar-refractivity contribution in [1.29, 1.82) is 0 Å². The first-order valence-electron chi connectivity index (χ1n) is 25.8. The van der Waals surface area contributed by atoms with Gasteiger partial charge in [-0.1, -0.05) is 131 Å². The molecule has 2 aliphatic carbocycles. The van der Waals surface area contributed by atoms with Crippen LogP contribution in [0.1, 0.15) is 165 Å². The molecule has 0 atom stereocenters. The molecule has 0 fully saturated rings. The minimum Gasteiger partial charge on any atom is -0.507 e. The highest BCUT2D eigenvalue weighted by Crippen LogP contribution is 2.53. The van der Waals surface area contributed by atoms with Crippen molar-refractivity contribution < 1.29 is 39.5 Å². The monoisotopic (exact) mass is 953 g/mol. The summed E-state index contributed by atoms with van der Waals surface area (Å²) in [5.41, 5.74) is 5.24. The van der Waals surface area contributed by atoms with Crippen molar-refractivity contribution in [2.24, 2.45) is 11.8 Å². The predicted molar refractivity (Wildman–Crippen MR) is 287 cm³/mol. The summed E-state index contributed by atoms with van der Waals surface area (Å²) < 4.78 is 12.0. The quantitative estimate of drug-likeness (QED) is 0.0279. The van der Waals surface area contributed by atoms with E-state index in [1.54, 1.807) is 13.8 Å². The van der Waals surface area contributed by atoms with Crippen molar-refractivity contribution in [2.45, 2.75) is 145 Å². The molecule has 0 saturated heterocycles. The third-order valence-corrected chi connectivity index (χ3v) is 13.5. The molecule has 0 spiro atoms. The van der Waals surface area contributed by atoms with Gasteiger partial charge in [0.05, 0.1) is 24.4 Å². The number of aryl methyl sites for hydroxylation is 2. The zero-order valence-electron chi connectivity index (χ0n) is 42.8. The summed E-state index contributed by atoms with van der Waals surface area (Å²) in [6.45, 7) is 16.8. The van der Waals surface area contributed by atoms with E-state index in [0.717, 1.165) is 37.2 Å². The van der Waals surface area contributed by atoms with Gasteiger partial charge < -0.3 is 40.5 Å². The maximum atomic E-state index is 14.2. The van der Waals surface area contributed by atoms with Crippen molar-refractivity contribution >= 4 is 45.2 Å². The van der Waals surface area contributed by atoms with Crippen molar-refractivity contribution in [3.05, 3.63) is 118 Å². The first-order chi connectivity index (χ1) is 33.7. The number of aliphatic hydroxyl groups is 2. The number of allylic oxidation sites excluding steroid dienone is 4. The second-order valence-corrected chi connectivity index (χ2v) is 19.6. The molecular formula is C60H76N2O8. The maximum absolute atomic E-state index is 14.2. The lowest BCUT2D eigenvalue weighted by molar-refractivity contribution is -0.113. The van der Waals surface area contributed by atoms with Gasteiger partial charge in [0.25, 0.3) is 0 Å². The van der Waals surface area contributed by atoms with Gasteiger partial charge in [-0.25, -0.2) is 0 Å². The van der Waals surface area contributed by atoms with Crippen LogP contribution in [0.25, 0.3) is 33.4 Å². The number of hydrogen-bond donors (Lipinski definition) is 6. The number of aromatic hydroxyl groups is 2. The number of ether oxygens (including phenoxy) is 2. The van der Waals surface area contributed by atoms with Crippen LogP contribution in [-0.4, -0.2) is 45.2 Å². The molecule has 70 heavy (non-hydrogen) atoms. The molecule has 6 rings (SSSR count). The lowest BCUT2D eigenvalue weighted by Crippen LogP contribution is -2.20. The van der Waals surface area contributed by atoms with Gasteiger partial charge in [-0.15, -0.1) is 0 Å². The fourth-order valence-corrected chi connectivity index (χ4v) is 9.73. The topological polar surface area (TPSA) is 158 Å². The number of carbonyl (C=O) groups is 2. The molecule has 6 N–H and O–H groups in total. The number of benzene rings is 4. The largest absolute Gasteiger partial charge is 0.507 e. The number of nitrogens with one attached hydrogen (secondary N) is 2. The van der Waals surface area contributed by atoms with Crippen molar-refractivity contribution in [1.82, 2.24) is 0 Å². The maximum Gasteiger partial charge on any atom is 0.229 e. The highest BCUT2D eigenvalue weighted by Gasteiger charge is 2.38. The minimum absolute atomic E-state index is 0.0363. The van der Waals surface area contributed by atoms with E-state index >= 15 is 0 Å². The molecule has 0 radical (unpaired) electrons. The van der Waals surface area contributed by atoms with Gasteiger partial charge in [-0.05, 0) is 109 Å². The van der Waals surface area contributed by atoms with Crippen LogP contribution < -0.4 is 20.1 Å². The molecule has 4 aromatic rings. The average Bonchev–Trinajstić information content (AvgIpc) is 3.33. The fourth-order valence-electron chi connectivity index (χ4n) is 9.73. The van der Waals surface area contributed by atoms with Gasteiger partial charge in [0, 0.05) is 57.2 Å². The number of unbranched alkanes of at least 4 members (excludes halogenated alkanes) is 12. The van der Waals surface area contributed by atoms with Gasteiger partial charge in [-0.2, -0.15) is 0 Å². The smallest absolute Gasteiger partial charge is 0.229 e. The Hall–Kier alpha value is -6.42. The van der Waals surface area contributed by atoms with Gasteiger partial charge in [0.1, 0.15) is 23.0 Å². The van der Waals surface area contributed by atoms with E-state index in [-0.39, 0.29) is 56.7 Å². The van der Waals surface area contributed by atoms with E-state index in [2.05, 4.69) is 24.5 Å². The van der Waals surface area contributed by atoms with E-state index in [1.807, 2.05) is 88.4 Å². The number of aliphatic hydroxyl groups excluding tert-OH is 2. The molecule has 0 amide bonds. The standard InChI is InChI=1S/C60H76N2O8/c1-9-11-13-15-17-19-21-31-69-43-27-23-41(24-28-43)61-35-47-53-45(49(37(3)4)59(67)55(47)63)33-39(7)51(57(53)65)52-40(8)34-46-50(38(5)6)60(68)56(64)48(54(46)58(52)66)36-62-42-25-29-44(30-26-42)70-32-22-20-18-16-14-12-10-2/h23-30,33-38,61-62,65-68H,9-22,31-32H2,1-8H3. The summed E-state index contributed by atoms with van der Waals surface area (Å²) >= 11 is 0. The zero-order valence-corrected chi connectivity index (χ0v) is 42.8. The number of hydrogen-bond acceptors (Lipinski definition) is 10. The first-order valence-corrected chi connectivity index (χ1v) is 25.8. The Morgan fingerprint density at radius 1 is 0.486 bits per heavy atom. The number of rotatable bonds is 25. The van der Waals surface area contributed by atoms with Gasteiger partial charge >= 0.3 is 0 Å². The lowest BCUT2D eigenvalue weighted by Gasteiger charge is -2.29. The Bertz CT molecular complexity index is 2430. The van der Waals surface area contributed by atoms with E-state index in [0.29, 0.717) is 58.0 Å². The van der Waals surface area contributed by atoms with Gasteiger partial charge in [-0.3, -0.25) is 9.59 Å². The Labute approximate surface area is 416 Å². The SMILES string of the molecule is CCCCCCCCCOc1ccc(NC=C2C(=O)C(O)=C(C(C)C)c3cc(C)c(-c4c(C)cc5c(c4O)C(=CNc4ccc(OCCCCCCCCC)cc4)C(=O)C(O)=C5C(C)C)c(O)c32)cc1. The Kier molecular flexibility index (Phi) is 18.8. The van der Waals surface area contributed by atoms with E-state index in [1.165, 1.54) is 76.6 Å². The van der Waals surface area contributed by atoms with Gasteiger partial charge in [0.2, 0.25) is 11.6 Å². The Balaban J connectivity index is 1.32.